The van der Waals surface area contributed by atoms with Gasteiger partial charge in [-0.1, -0.05) is 12.1 Å². The number of ether oxygens (including phenoxy) is 1. The number of alkyl halides is 3. The van der Waals surface area contributed by atoms with Crippen LogP contribution in [0.25, 0.3) is 16.9 Å². The maximum Gasteiger partial charge on any atom is 0.396 e. The molecular formula is C24H21F3N8O. The van der Waals surface area contributed by atoms with E-state index in [1.807, 2.05) is 0 Å². The maximum absolute atomic E-state index is 13.9. The highest BCUT2D eigenvalue weighted by Gasteiger charge is 2.41. The van der Waals surface area contributed by atoms with Crippen LogP contribution in [0.3, 0.4) is 0 Å². The van der Waals surface area contributed by atoms with Gasteiger partial charge in [-0.05, 0) is 35.9 Å². The number of methoxy groups -OCH3 is 1. The number of hydrogen-bond donors (Lipinski definition) is 1. The van der Waals surface area contributed by atoms with E-state index in [0.29, 0.717) is 23.0 Å². The lowest BCUT2D eigenvalue weighted by Gasteiger charge is -2.20. The van der Waals surface area contributed by atoms with Gasteiger partial charge in [0.1, 0.15) is 17.4 Å². The van der Waals surface area contributed by atoms with Crippen molar-refractivity contribution >= 4 is 17.4 Å². The summed E-state index contributed by atoms with van der Waals surface area (Å²) >= 11 is 0. The van der Waals surface area contributed by atoms with Crippen LogP contribution in [0.15, 0.2) is 67.1 Å². The first kappa shape index (κ1) is 23.3. The second-order valence-electron chi connectivity index (χ2n) is 8.06. The molecule has 0 unspecified atom stereocenters. The number of nitrogens with zero attached hydrogens (tertiary/aromatic N) is 7. The Morgan fingerprint density at radius 3 is 2.53 bits per heavy atom. The Morgan fingerprint density at radius 1 is 1.03 bits per heavy atom. The van der Waals surface area contributed by atoms with E-state index in [1.165, 1.54) is 31.4 Å². The van der Waals surface area contributed by atoms with Gasteiger partial charge < -0.3 is 10.1 Å². The Kier molecular flexibility index (Phi) is 6.00. The summed E-state index contributed by atoms with van der Waals surface area (Å²) in [6.45, 7) is 0. The molecule has 0 saturated heterocycles. The highest BCUT2D eigenvalue weighted by molar-refractivity contribution is 5.65. The van der Waals surface area contributed by atoms with E-state index >= 15 is 0 Å². The molecule has 1 N–H and O–H groups in total. The van der Waals surface area contributed by atoms with Crippen molar-refractivity contribution in [3.05, 3.63) is 78.5 Å². The van der Waals surface area contributed by atoms with Crippen LogP contribution in [0, 0.1) is 0 Å². The number of aromatic nitrogens is 7. The number of nitrogens with one attached hydrogen (secondary N) is 1. The molecular weight excluding hydrogens is 473 g/mol. The SMILES string of the molecule is COc1ccc([C@@H](Cc2nnc3cc(-c4ccnc(Nc5ccnn5C)n4)ccn23)C(F)(F)F)cc1. The molecule has 0 aliphatic rings. The van der Waals surface area contributed by atoms with E-state index in [0.717, 1.165) is 11.4 Å². The summed E-state index contributed by atoms with van der Waals surface area (Å²) in [5.41, 5.74) is 1.89. The lowest BCUT2D eigenvalue weighted by molar-refractivity contribution is -0.150. The van der Waals surface area contributed by atoms with Crippen LogP contribution in [0.1, 0.15) is 17.3 Å². The molecule has 4 heterocycles. The lowest BCUT2D eigenvalue weighted by atomic mass is 9.94. The predicted molar refractivity (Wildman–Crippen MR) is 126 cm³/mol. The quantitative estimate of drug-likeness (QED) is 0.354. The molecule has 0 radical (unpaired) electrons. The fraction of sp³-hybridized carbons (Fsp3) is 0.208. The van der Waals surface area contributed by atoms with Gasteiger partial charge in [0, 0.05) is 37.5 Å². The van der Waals surface area contributed by atoms with Crippen LogP contribution in [0.2, 0.25) is 0 Å². The number of anilines is 2. The maximum atomic E-state index is 13.9. The molecule has 0 bridgehead atoms. The summed E-state index contributed by atoms with van der Waals surface area (Å²) in [5, 5.41) is 15.4. The topological polar surface area (TPSA) is 95.0 Å². The smallest absolute Gasteiger partial charge is 0.396 e. The van der Waals surface area contributed by atoms with E-state index < -0.39 is 12.1 Å². The van der Waals surface area contributed by atoms with Gasteiger partial charge >= 0.3 is 6.18 Å². The zero-order valence-electron chi connectivity index (χ0n) is 19.3. The molecule has 5 rings (SSSR count). The van der Waals surface area contributed by atoms with Crippen molar-refractivity contribution in [3.63, 3.8) is 0 Å². The number of pyridine rings is 1. The lowest BCUT2D eigenvalue weighted by Crippen LogP contribution is -2.24. The Bertz CT molecular complexity index is 1490. The van der Waals surface area contributed by atoms with Crippen molar-refractivity contribution in [1.29, 1.82) is 0 Å². The Balaban J connectivity index is 1.42. The van der Waals surface area contributed by atoms with Crippen LogP contribution in [0.5, 0.6) is 5.75 Å². The van der Waals surface area contributed by atoms with E-state index in [9.17, 15) is 13.2 Å². The van der Waals surface area contributed by atoms with Gasteiger partial charge in [-0.3, -0.25) is 9.08 Å². The fourth-order valence-corrected chi connectivity index (χ4v) is 3.87. The van der Waals surface area contributed by atoms with Crippen molar-refractivity contribution in [2.45, 2.75) is 18.5 Å². The highest BCUT2D eigenvalue weighted by atomic mass is 19.4. The van der Waals surface area contributed by atoms with Crippen molar-refractivity contribution in [1.82, 2.24) is 34.3 Å². The van der Waals surface area contributed by atoms with Crippen molar-refractivity contribution < 1.29 is 17.9 Å². The van der Waals surface area contributed by atoms with E-state index in [2.05, 4.69) is 30.6 Å². The highest BCUT2D eigenvalue weighted by Crippen LogP contribution is 2.38. The average Bonchev–Trinajstić information content (AvgIpc) is 3.47. The molecule has 12 heteroatoms. The third-order valence-electron chi connectivity index (χ3n) is 5.79. The van der Waals surface area contributed by atoms with Crippen LogP contribution < -0.4 is 10.1 Å². The van der Waals surface area contributed by atoms with Crippen LogP contribution >= 0.6 is 0 Å². The molecule has 4 aromatic heterocycles. The molecule has 9 nitrogen and oxygen atoms in total. The third kappa shape index (κ3) is 4.69. The first-order valence-corrected chi connectivity index (χ1v) is 10.9. The average molecular weight is 494 g/mol. The first-order valence-electron chi connectivity index (χ1n) is 10.9. The minimum absolute atomic E-state index is 0.131. The molecule has 1 atom stereocenters. The number of rotatable bonds is 7. The van der Waals surface area contributed by atoms with Crippen LogP contribution in [-0.4, -0.2) is 47.6 Å². The molecule has 0 amide bonds. The van der Waals surface area contributed by atoms with Gasteiger partial charge in [0.05, 0.1) is 24.9 Å². The zero-order chi connectivity index (χ0) is 25.3. The molecule has 36 heavy (non-hydrogen) atoms. The Hall–Kier alpha value is -4.48. The van der Waals surface area contributed by atoms with E-state index in [1.54, 1.807) is 59.0 Å². The Morgan fingerprint density at radius 2 is 1.83 bits per heavy atom. The number of halogens is 3. The third-order valence-corrected chi connectivity index (χ3v) is 5.79. The normalized spacial score (nSPS) is 12.6. The van der Waals surface area contributed by atoms with Crippen LogP contribution in [-0.2, 0) is 13.5 Å². The molecule has 0 saturated carbocycles. The van der Waals surface area contributed by atoms with Gasteiger partial charge in [0.15, 0.2) is 5.65 Å². The summed E-state index contributed by atoms with van der Waals surface area (Å²) < 4.78 is 50.1. The molecule has 5 aromatic rings. The molecule has 0 fully saturated rings. The van der Waals surface area contributed by atoms with Gasteiger partial charge in [-0.15, -0.1) is 10.2 Å². The van der Waals surface area contributed by atoms with Gasteiger partial charge in [-0.2, -0.15) is 18.3 Å². The minimum atomic E-state index is -4.46. The predicted octanol–water partition coefficient (Wildman–Crippen LogP) is 4.56. The first-order chi connectivity index (χ1) is 17.3. The van der Waals surface area contributed by atoms with E-state index in [4.69, 9.17) is 4.74 Å². The summed E-state index contributed by atoms with van der Waals surface area (Å²) in [5.74, 6) is 0.0591. The zero-order valence-corrected chi connectivity index (χ0v) is 19.3. The largest absolute Gasteiger partial charge is 0.497 e. The fourth-order valence-electron chi connectivity index (χ4n) is 3.87. The molecule has 1 aromatic carbocycles. The summed E-state index contributed by atoms with van der Waals surface area (Å²) in [6, 6.07) is 12.9. The van der Waals surface area contributed by atoms with Gasteiger partial charge in [0.25, 0.3) is 0 Å². The number of benzene rings is 1. The number of aryl methyl sites for hydroxylation is 1. The van der Waals surface area contributed by atoms with Crippen molar-refractivity contribution in [2.24, 2.45) is 7.05 Å². The summed E-state index contributed by atoms with van der Waals surface area (Å²) in [6.07, 6.45) is 0.100. The molecule has 0 aliphatic carbocycles. The van der Waals surface area contributed by atoms with Gasteiger partial charge in [-0.25, -0.2) is 9.97 Å². The summed E-state index contributed by atoms with van der Waals surface area (Å²) in [4.78, 5) is 8.76. The molecule has 0 spiro atoms. The van der Waals surface area contributed by atoms with Gasteiger partial charge in [0.2, 0.25) is 5.95 Å². The van der Waals surface area contributed by atoms with Crippen molar-refractivity contribution in [3.8, 4) is 17.0 Å². The summed E-state index contributed by atoms with van der Waals surface area (Å²) in [7, 11) is 3.26. The second kappa shape index (κ2) is 9.29. The minimum Gasteiger partial charge on any atom is -0.497 e. The second-order valence-corrected chi connectivity index (χ2v) is 8.06. The monoisotopic (exact) mass is 494 g/mol. The molecule has 0 aliphatic heterocycles. The number of fused-ring (bicyclic) bond motifs is 1. The Labute approximate surface area is 203 Å². The van der Waals surface area contributed by atoms with Crippen molar-refractivity contribution in [2.75, 3.05) is 12.4 Å². The number of hydrogen-bond acceptors (Lipinski definition) is 7. The molecule has 184 valence electrons. The standard InChI is InChI=1S/C24H21F3N8O/c1-34-20(8-11-29-34)31-23-28-10-7-19(30-23)16-9-12-35-21(13-16)32-33-22(35)14-18(24(25,26)27)15-3-5-17(36-2)6-4-15/h3-13,18H,14H2,1-2H3,(H,28,30,31)/t18-/m1/s1. The van der Waals surface area contributed by atoms with Crippen LogP contribution in [0.4, 0.5) is 24.9 Å². The van der Waals surface area contributed by atoms with E-state index in [-0.39, 0.29) is 17.8 Å².